The zero-order chi connectivity index (χ0) is 26.5. The van der Waals surface area contributed by atoms with Crippen molar-refractivity contribution in [3.8, 4) is 10.4 Å². The highest BCUT2D eigenvalue weighted by Gasteiger charge is 2.22. The molecule has 4 N–H and O–H groups in total. The van der Waals surface area contributed by atoms with Gasteiger partial charge in [0.2, 0.25) is 0 Å². The number of rotatable bonds is 8. The van der Waals surface area contributed by atoms with Crippen LogP contribution in [-0.2, 0) is 14.3 Å². The smallest absolute Gasteiger partial charge is 0.412 e. The lowest BCUT2D eigenvalue weighted by Gasteiger charge is -2.21. The first-order valence-electron chi connectivity index (χ1n) is 11.0. The molecule has 1 unspecified atom stereocenters. The Kier molecular flexibility index (Phi) is 8.11. The van der Waals surface area contributed by atoms with Crippen molar-refractivity contribution < 1.29 is 29.0 Å². The van der Waals surface area contributed by atoms with Crippen LogP contribution in [0, 0.1) is 0 Å². The van der Waals surface area contributed by atoms with Crippen molar-refractivity contribution in [3.05, 3.63) is 65.5 Å². The van der Waals surface area contributed by atoms with Crippen LogP contribution in [0.4, 0.5) is 21.9 Å². The van der Waals surface area contributed by atoms with E-state index in [1.54, 1.807) is 44.2 Å². The molecule has 0 fully saturated rings. The first-order valence-corrected chi connectivity index (χ1v) is 11.9. The number of nitrogens with one attached hydrogen (secondary N) is 3. The summed E-state index contributed by atoms with van der Waals surface area (Å²) >= 11 is 1.54. The van der Waals surface area contributed by atoms with Crippen LogP contribution in [0.25, 0.3) is 10.4 Å². The normalized spacial score (nSPS) is 11.8. The molecule has 9 nitrogen and oxygen atoms in total. The Morgan fingerprint density at radius 1 is 0.944 bits per heavy atom. The number of amides is 2. The number of anilines is 3. The molecule has 188 valence electrons. The molecule has 3 aromatic rings. The van der Waals surface area contributed by atoms with E-state index in [1.165, 1.54) is 31.2 Å². The summed E-state index contributed by atoms with van der Waals surface area (Å²) in [6.07, 6.45) is -0.657. The SMILES string of the molecule is CC(=O)C(Nc1ccc(C(=O)Nc2cc(-c3cccs3)ccc2NC(=O)OC(C)(C)C)cc1)C(=O)O. The Labute approximate surface area is 212 Å². The molecule has 0 aliphatic rings. The van der Waals surface area contributed by atoms with Gasteiger partial charge in [0.1, 0.15) is 5.60 Å². The lowest BCUT2D eigenvalue weighted by atomic mass is 10.1. The number of carbonyl (C=O) groups is 4. The largest absolute Gasteiger partial charge is 0.479 e. The van der Waals surface area contributed by atoms with Crippen LogP contribution >= 0.6 is 11.3 Å². The van der Waals surface area contributed by atoms with E-state index >= 15 is 0 Å². The van der Waals surface area contributed by atoms with Crippen LogP contribution in [0.2, 0.25) is 0 Å². The minimum atomic E-state index is -1.38. The second-order valence-electron chi connectivity index (χ2n) is 8.92. The van der Waals surface area contributed by atoms with Gasteiger partial charge in [-0.2, -0.15) is 0 Å². The summed E-state index contributed by atoms with van der Waals surface area (Å²) in [5.41, 5.74) is 1.57. The third-order valence-corrected chi connectivity index (χ3v) is 5.74. The van der Waals surface area contributed by atoms with Crippen molar-refractivity contribution in [1.29, 1.82) is 0 Å². The maximum Gasteiger partial charge on any atom is 0.412 e. The molecule has 1 aromatic heterocycles. The average molecular weight is 510 g/mol. The summed E-state index contributed by atoms with van der Waals surface area (Å²) in [6, 6.07) is 13.8. The number of ether oxygens (including phenoxy) is 1. The molecule has 2 aromatic carbocycles. The number of carbonyl (C=O) groups excluding carboxylic acids is 3. The molecule has 10 heteroatoms. The maximum atomic E-state index is 13.0. The van der Waals surface area contributed by atoms with Crippen LogP contribution in [0.3, 0.4) is 0 Å². The number of hydrogen-bond acceptors (Lipinski definition) is 7. The quantitative estimate of drug-likeness (QED) is 0.296. The van der Waals surface area contributed by atoms with Gasteiger partial charge in [-0.1, -0.05) is 12.1 Å². The van der Waals surface area contributed by atoms with Crippen molar-refractivity contribution in [3.63, 3.8) is 0 Å². The molecule has 36 heavy (non-hydrogen) atoms. The third kappa shape index (κ3) is 7.16. The molecule has 0 spiro atoms. The fourth-order valence-electron chi connectivity index (χ4n) is 3.18. The zero-order valence-electron chi connectivity index (χ0n) is 20.2. The molecule has 0 saturated heterocycles. The van der Waals surface area contributed by atoms with E-state index in [9.17, 15) is 19.2 Å². The van der Waals surface area contributed by atoms with Crippen LogP contribution < -0.4 is 16.0 Å². The second kappa shape index (κ2) is 11.0. The Balaban J connectivity index is 1.83. The summed E-state index contributed by atoms with van der Waals surface area (Å²) in [5.74, 6) is -2.28. The van der Waals surface area contributed by atoms with Crippen LogP contribution in [-0.4, -0.2) is 40.5 Å². The van der Waals surface area contributed by atoms with Gasteiger partial charge in [-0.3, -0.25) is 14.9 Å². The van der Waals surface area contributed by atoms with Gasteiger partial charge in [-0.15, -0.1) is 11.3 Å². The van der Waals surface area contributed by atoms with Gasteiger partial charge in [0, 0.05) is 16.1 Å². The summed E-state index contributed by atoms with van der Waals surface area (Å²) in [6.45, 7) is 6.44. The molecule has 1 heterocycles. The maximum absolute atomic E-state index is 13.0. The van der Waals surface area contributed by atoms with Crippen LogP contribution in [0.15, 0.2) is 60.0 Å². The number of aliphatic carboxylic acids is 1. The lowest BCUT2D eigenvalue weighted by Crippen LogP contribution is -2.35. The van der Waals surface area contributed by atoms with E-state index in [1.807, 2.05) is 23.6 Å². The lowest BCUT2D eigenvalue weighted by molar-refractivity contribution is -0.140. The van der Waals surface area contributed by atoms with Crippen molar-refractivity contribution in [1.82, 2.24) is 0 Å². The van der Waals surface area contributed by atoms with Gasteiger partial charge in [-0.05, 0) is 81.1 Å². The number of benzene rings is 2. The number of ketones is 1. The predicted octanol–water partition coefficient (Wildman–Crippen LogP) is 5.47. The summed E-state index contributed by atoms with van der Waals surface area (Å²) in [7, 11) is 0. The number of carboxylic acid groups (broad SMARTS) is 1. The Hall–Kier alpha value is -4.18. The van der Waals surface area contributed by atoms with Gasteiger partial charge >= 0.3 is 12.1 Å². The molecule has 0 aliphatic carbocycles. The Morgan fingerprint density at radius 2 is 1.64 bits per heavy atom. The van der Waals surface area contributed by atoms with E-state index in [0.29, 0.717) is 22.6 Å². The highest BCUT2D eigenvalue weighted by molar-refractivity contribution is 7.13. The van der Waals surface area contributed by atoms with Crippen molar-refractivity contribution in [2.75, 3.05) is 16.0 Å². The van der Waals surface area contributed by atoms with Crippen LogP contribution in [0.5, 0.6) is 0 Å². The van der Waals surface area contributed by atoms with Gasteiger partial charge in [0.05, 0.1) is 11.4 Å². The number of Topliss-reactive ketones (excluding diaryl/α,β-unsaturated/α-hetero) is 1. The number of hydrogen-bond donors (Lipinski definition) is 4. The monoisotopic (exact) mass is 509 g/mol. The van der Waals surface area contributed by atoms with Gasteiger partial charge < -0.3 is 20.5 Å². The standard InChI is InChI=1S/C26H27N3O6S/c1-15(30)22(24(32)33)27-18-10-7-16(8-11-18)23(31)28-20-14-17(21-6-5-13-36-21)9-12-19(20)29-25(34)35-26(2,3)4/h5-14,22,27H,1-4H3,(H,28,31)(H,29,34)(H,32,33). The topological polar surface area (TPSA) is 134 Å². The highest BCUT2D eigenvalue weighted by atomic mass is 32.1. The predicted molar refractivity (Wildman–Crippen MR) is 140 cm³/mol. The van der Waals surface area contributed by atoms with E-state index in [2.05, 4.69) is 16.0 Å². The highest BCUT2D eigenvalue weighted by Crippen LogP contribution is 2.32. The minimum absolute atomic E-state index is 0.292. The number of carboxylic acids is 1. The van der Waals surface area contributed by atoms with Crippen molar-refractivity contribution in [2.45, 2.75) is 39.3 Å². The molecule has 0 saturated carbocycles. The minimum Gasteiger partial charge on any atom is -0.479 e. The van der Waals surface area contributed by atoms with E-state index in [0.717, 1.165) is 10.4 Å². The Bertz CT molecular complexity index is 1250. The first-order chi connectivity index (χ1) is 16.9. The average Bonchev–Trinajstić information content (AvgIpc) is 3.32. The molecule has 1 atom stereocenters. The molecular formula is C26H27N3O6S. The fraction of sp³-hybridized carbons (Fsp3) is 0.231. The summed E-state index contributed by atoms with van der Waals surface area (Å²) in [5, 5.41) is 19.2. The second-order valence-corrected chi connectivity index (χ2v) is 9.87. The molecule has 3 rings (SSSR count). The number of thiophene rings is 1. The molecule has 0 bridgehead atoms. The van der Waals surface area contributed by atoms with E-state index in [-0.39, 0.29) is 0 Å². The van der Waals surface area contributed by atoms with Gasteiger partial charge in [0.25, 0.3) is 5.91 Å². The molecule has 0 aliphatic heterocycles. The third-order valence-electron chi connectivity index (χ3n) is 4.82. The van der Waals surface area contributed by atoms with Crippen molar-refractivity contribution >= 4 is 52.2 Å². The first kappa shape index (κ1) is 26.4. The van der Waals surface area contributed by atoms with E-state index in [4.69, 9.17) is 9.84 Å². The molecule has 0 radical (unpaired) electrons. The molecular weight excluding hydrogens is 482 g/mol. The Morgan fingerprint density at radius 3 is 2.19 bits per heavy atom. The summed E-state index contributed by atoms with van der Waals surface area (Å²) in [4.78, 5) is 49.1. The van der Waals surface area contributed by atoms with Crippen molar-refractivity contribution in [2.24, 2.45) is 0 Å². The fourth-order valence-corrected chi connectivity index (χ4v) is 3.91. The van der Waals surface area contributed by atoms with E-state index < -0.39 is 35.4 Å². The van der Waals surface area contributed by atoms with Gasteiger partial charge in [0.15, 0.2) is 11.8 Å². The van der Waals surface area contributed by atoms with Crippen LogP contribution in [0.1, 0.15) is 38.1 Å². The summed E-state index contributed by atoms with van der Waals surface area (Å²) < 4.78 is 5.33. The molecule has 2 amide bonds. The zero-order valence-corrected chi connectivity index (χ0v) is 21.1. The van der Waals surface area contributed by atoms with Gasteiger partial charge in [-0.25, -0.2) is 9.59 Å².